The number of hydrogen-bond donors (Lipinski definition) is 1. The SMILES string of the molecule is Cc1cc2ncn(C(CN)c3sccc3C)c2cc1C. The lowest BCUT2D eigenvalue weighted by Gasteiger charge is -2.17. The van der Waals surface area contributed by atoms with Crippen molar-refractivity contribution in [1.82, 2.24) is 9.55 Å². The van der Waals surface area contributed by atoms with Crippen molar-refractivity contribution < 1.29 is 0 Å². The normalized spacial score (nSPS) is 13.0. The van der Waals surface area contributed by atoms with Gasteiger partial charge in [-0.15, -0.1) is 11.3 Å². The molecule has 0 amide bonds. The Balaban J connectivity index is 2.18. The zero-order chi connectivity index (χ0) is 14.3. The molecular formula is C16H19N3S. The Morgan fingerprint density at radius 3 is 2.60 bits per heavy atom. The number of thiophene rings is 1. The highest BCUT2D eigenvalue weighted by Crippen LogP contribution is 2.30. The lowest BCUT2D eigenvalue weighted by molar-refractivity contribution is 0.617. The second kappa shape index (κ2) is 5.04. The highest BCUT2D eigenvalue weighted by molar-refractivity contribution is 7.10. The van der Waals surface area contributed by atoms with E-state index < -0.39 is 0 Å². The summed E-state index contributed by atoms with van der Waals surface area (Å²) in [6.45, 7) is 6.99. The maximum atomic E-state index is 6.04. The number of benzene rings is 1. The average Bonchev–Trinajstić information content (AvgIpc) is 3.00. The van der Waals surface area contributed by atoms with Gasteiger partial charge in [0, 0.05) is 11.4 Å². The van der Waals surface area contributed by atoms with Crippen LogP contribution in [0.5, 0.6) is 0 Å². The molecule has 0 radical (unpaired) electrons. The van der Waals surface area contributed by atoms with Gasteiger partial charge in [-0.2, -0.15) is 0 Å². The van der Waals surface area contributed by atoms with Gasteiger partial charge in [0.05, 0.1) is 23.4 Å². The van der Waals surface area contributed by atoms with Gasteiger partial charge in [0.25, 0.3) is 0 Å². The summed E-state index contributed by atoms with van der Waals surface area (Å²) < 4.78 is 2.21. The molecule has 3 aromatic rings. The van der Waals surface area contributed by atoms with E-state index in [-0.39, 0.29) is 6.04 Å². The Morgan fingerprint density at radius 1 is 1.20 bits per heavy atom. The highest BCUT2D eigenvalue weighted by Gasteiger charge is 2.18. The Morgan fingerprint density at radius 2 is 1.95 bits per heavy atom. The van der Waals surface area contributed by atoms with E-state index in [0.29, 0.717) is 6.54 Å². The van der Waals surface area contributed by atoms with Crippen LogP contribution in [0.15, 0.2) is 29.9 Å². The summed E-state index contributed by atoms with van der Waals surface area (Å²) >= 11 is 1.77. The van der Waals surface area contributed by atoms with Crippen LogP contribution in [0.1, 0.15) is 27.6 Å². The number of nitrogens with zero attached hydrogens (tertiary/aromatic N) is 2. The fourth-order valence-corrected chi connectivity index (χ4v) is 3.64. The molecule has 0 aliphatic heterocycles. The summed E-state index contributed by atoms with van der Waals surface area (Å²) in [5.74, 6) is 0. The number of rotatable bonds is 3. The quantitative estimate of drug-likeness (QED) is 0.799. The number of aryl methyl sites for hydroxylation is 3. The maximum absolute atomic E-state index is 6.04. The van der Waals surface area contributed by atoms with Gasteiger partial charge in [0.2, 0.25) is 0 Å². The molecule has 104 valence electrons. The van der Waals surface area contributed by atoms with Gasteiger partial charge in [0.15, 0.2) is 0 Å². The van der Waals surface area contributed by atoms with Gasteiger partial charge in [-0.05, 0) is 61.0 Å². The molecule has 0 aliphatic rings. The zero-order valence-corrected chi connectivity index (χ0v) is 12.9. The molecule has 3 rings (SSSR count). The predicted molar refractivity (Wildman–Crippen MR) is 85.5 cm³/mol. The molecular weight excluding hydrogens is 266 g/mol. The first-order valence-electron chi connectivity index (χ1n) is 6.79. The molecule has 2 N–H and O–H groups in total. The van der Waals surface area contributed by atoms with E-state index >= 15 is 0 Å². The summed E-state index contributed by atoms with van der Waals surface area (Å²) in [7, 11) is 0. The largest absolute Gasteiger partial charge is 0.328 e. The monoisotopic (exact) mass is 285 g/mol. The third-order valence-electron chi connectivity index (χ3n) is 3.95. The molecule has 1 unspecified atom stereocenters. The maximum Gasteiger partial charge on any atom is 0.0964 e. The summed E-state index contributed by atoms with van der Waals surface area (Å²) in [5, 5.41) is 2.13. The first-order chi connectivity index (χ1) is 9.61. The van der Waals surface area contributed by atoms with Gasteiger partial charge in [0.1, 0.15) is 0 Å². The van der Waals surface area contributed by atoms with Crippen molar-refractivity contribution in [1.29, 1.82) is 0 Å². The van der Waals surface area contributed by atoms with Crippen molar-refractivity contribution in [3.63, 3.8) is 0 Å². The fourth-order valence-electron chi connectivity index (χ4n) is 2.60. The van der Waals surface area contributed by atoms with Gasteiger partial charge < -0.3 is 10.3 Å². The van der Waals surface area contributed by atoms with Gasteiger partial charge in [-0.25, -0.2) is 4.98 Å². The predicted octanol–water partition coefficient (Wildman–Crippen LogP) is 3.57. The highest BCUT2D eigenvalue weighted by atomic mass is 32.1. The average molecular weight is 285 g/mol. The fraction of sp³-hybridized carbons (Fsp3) is 0.312. The first-order valence-corrected chi connectivity index (χ1v) is 7.67. The second-order valence-electron chi connectivity index (χ2n) is 5.30. The number of nitrogens with two attached hydrogens (primary N) is 1. The van der Waals surface area contributed by atoms with Crippen molar-refractivity contribution in [2.24, 2.45) is 5.73 Å². The number of hydrogen-bond acceptors (Lipinski definition) is 3. The summed E-state index contributed by atoms with van der Waals surface area (Å²) in [5.41, 5.74) is 12.1. The van der Waals surface area contributed by atoms with E-state index in [4.69, 9.17) is 5.73 Å². The Kier molecular flexibility index (Phi) is 3.36. The van der Waals surface area contributed by atoms with Gasteiger partial charge in [-0.1, -0.05) is 0 Å². The minimum Gasteiger partial charge on any atom is -0.328 e. The molecule has 0 saturated heterocycles. The van der Waals surface area contributed by atoms with Crippen LogP contribution >= 0.6 is 11.3 Å². The summed E-state index contributed by atoms with van der Waals surface area (Å²) in [6.07, 6.45) is 1.92. The van der Waals surface area contributed by atoms with E-state index in [9.17, 15) is 0 Å². The van der Waals surface area contributed by atoms with Crippen LogP contribution in [0.4, 0.5) is 0 Å². The van der Waals surface area contributed by atoms with Crippen LogP contribution in [-0.4, -0.2) is 16.1 Å². The van der Waals surface area contributed by atoms with Crippen LogP contribution < -0.4 is 5.73 Å². The van der Waals surface area contributed by atoms with Crippen LogP contribution in [0, 0.1) is 20.8 Å². The van der Waals surface area contributed by atoms with Gasteiger partial charge >= 0.3 is 0 Å². The molecule has 3 nitrogen and oxygen atoms in total. The number of fused-ring (bicyclic) bond motifs is 1. The van der Waals surface area contributed by atoms with Crippen LogP contribution in [-0.2, 0) is 0 Å². The molecule has 2 aromatic heterocycles. The van der Waals surface area contributed by atoms with E-state index in [1.807, 2.05) is 6.33 Å². The number of aromatic nitrogens is 2. The minimum atomic E-state index is 0.169. The third-order valence-corrected chi connectivity index (χ3v) is 5.07. The van der Waals surface area contributed by atoms with E-state index in [1.54, 1.807) is 11.3 Å². The molecule has 0 fully saturated rings. The van der Waals surface area contributed by atoms with Crippen LogP contribution in [0.2, 0.25) is 0 Å². The molecule has 4 heteroatoms. The molecule has 0 bridgehead atoms. The molecule has 2 heterocycles. The molecule has 1 aromatic carbocycles. The Labute approximate surface area is 123 Å². The summed E-state index contributed by atoms with van der Waals surface area (Å²) in [4.78, 5) is 5.87. The summed E-state index contributed by atoms with van der Waals surface area (Å²) in [6, 6.07) is 6.68. The lowest BCUT2D eigenvalue weighted by atomic mass is 10.1. The van der Waals surface area contributed by atoms with E-state index in [2.05, 4.69) is 53.9 Å². The van der Waals surface area contributed by atoms with Gasteiger partial charge in [-0.3, -0.25) is 0 Å². The Hall–Kier alpha value is -1.65. The molecule has 0 aliphatic carbocycles. The second-order valence-corrected chi connectivity index (χ2v) is 6.24. The van der Waals surface area contributed by atoms with Crippen LogP contribution in [0.25, 0.3) is 11.0 Å². The van der Waals surface area contributed by atoms with E-state index in [1.165, 1.54) is 21.6 Å². The first kappa shape index (κ1) is 13.3. The van der Waals surface area contributed by atoms with Crippen molar-refractivity contribution >= 4 is 22.4 Å². The molecule has 20 heavy (non-hydrogen) atoms. The van der Waals surface area contributed by atoms with Crippen molar-refractivity contribution in [3.05, 3.63) is 51.5 Å². The zero-order valence-electron chi connectivity index (χ0n) is 12.1. The van der Waals surface area contributed by atoms with Crippen LogP contribution in [0.3, 0.4) is 0 Å². The van der Waals surface area contributed by atoms with Crippen molar-refractivity contribution in [2.75, 3.05) is 6.54 Å². The molecule has 0 saturated carbocycles. The van der Waals surface area contributed by atoms with E-state index in [0.717, 1.165) is 11.0 Å². The minimum absolute atomic E-state index is 0.169. The topological polar surface area (TPSA) is 43.8 Å². The third kappa shape index (κ3) is 2.05. The lowest BCUT2D eigenvalue weighted by Crippen LogP contribution is -2.19. The standard InChI is InChI=1S/C16H19N3S/c1-10-4-5-20-16(10)15(8-17)19-9-18-13-6-11(2)12(3)7-14(13)19/h4-7,9,15H,8,17H2,1-3H3. The Bertz CT molecular complexity index is 754. The smallest absolute Gasteiger partial charge is 0.0964 e. The van der Waals surface area contributed by atoms with Crippen molar-refractivity contribution in [2.45, 2.75) is 26.8 Å². The number of imidazole rings is 1. The van der Waals surface area contributed by atoms with Crippen molar-refractivity contribution in [3.8, 4) is 0 Å². The molecule has 0 spiro atoms. The molecule has 1 atom stereocenters.